The number of benzene rings is 4. The number of nitrogens with zero attached hydrogens (tertiary/aromatic N) is 3. The van der Waals surface area contributed by atoms with Crippen molar-refractivity contribution in [2.45, 2.75) is 189 Å². The molecule has 47 nitrogen and oxygen atoms in total. The zero-order valence-corrected chi connectivity index (χ0v) is 76.3. The van der Waals surface area contributed by atoms with Gasteiger partial charge >= 0.3 is 53.9 Å². The second kappa shape index (κ2) is 46.2. The van der Waals surface area contributed by atoms with Gasteiger partial charge in [-0.15, -0.1) is 0 Å². The van der Waals surface area contributed by atoms with Gasteiger partial charge in [0.1, 0.15) is 79.0 Å². The summed E-state index contributed by atoms with van der Waals surface area (Å²) in [6.07, 6.45) is -18.6. The number of esters is 3. The predicted molar refractivity (Wildman–Crippen MR) is 482 cm³/mol. The van der Waals surface area contributed by atoms with E-state index >= 15 is 4.79 Å². The van der Waals surface area contributed by atoms with Gasteiger partial charge in [-0.3, -0.25) is 67.3 Å². The van der Waals surface area contributed by atoms with Crippen molar-refractivity contribution in [2.24, 2.45) is 22.5 Å². The zero-order chi connectivity index (χ0) is 101. The van der Waals surface area contributed by atoms with E-state index < -0.39 is 284 Å². The van der Waals surface area contributed by atoms with E-state index in [1.54, 1.807) is 42.5 Å². The van der Waals surface area contributed by atoms with Crippen molar-refractivity contribution in [1.29, 1.82) is 0 Å². The number of nitrogens with two attached hydrogens (primary N) is 2. The van der Waals surface area contributed by atoms with Gasteiger partial charge in [0.2, 0.25) is 35.5 Å². The monoisotopic (exact) mass is 1960 g/mol. The Morgan fingerprint density at radius 2 is 1.21 bits per heavy atom. The highest BCUT2D eigenvalue weighted by Crippen LogP contribution is 2.65. The maximum atomic E-state index is 16.1. The molecule has 3 aliphatic carbocycles. The Morgan fingerprint density at radius 3 is 1.78 bits per heavy atom. The third kappa shape index (κ3) is 25.7. The van der Waals surface area contributed by atoms with E-state index in [1.165, 1.54) is 107 Å². The quantitative estimate of drug-likeness (QED) is 0.00804. The zero-order valence-electron chi connectivity index (χ0n) is 74.6. The molecule has 3 heterocycles. The lowest BCUT2D eigenvalue weighted by atomic mass is 9.44. The van der Waals surface area contributed by atoms with Crippen molar-refractivity contribution in [2.75, 3.05) is 42.3 Å². The molecule has 2 aromatic heterocycles. The molecule has 1 aliphatic heterocycles. The molecule has 49 heteroatoms. The Bertz CT molecular complexity index is 5730. The summed E-state index contributed by atoms with van der Waals surface area (Å²) in [5.41, 5.74) is 2.22. The normalized spacial score (nSPS) is 21.7. The first kappa shape index (κ1) is 105. The maximum absolute atomic E-state index is 16.1. The first-order chi connectivity index (χ1) is 65.3. The van der Waals surface area contributed by atoms with Gasteiger partial charge in [0.15, 0.2) is 28.7 Å². The number of rotatable bonds is 46. The van der Waals surface area contributed by atoms with Crippen LogP contribution in [0, 0.1) is 16.7 Å². The Hall–Kier alpha value is -14.7. The maximum Gasteiger partial charge on any atom is 0.508 e. The van der Waals surface area contributed by atoms with E-state index in [4.69, 9.17) is 39.9 Å². The van der Waals surface area contributed by atoms with Crippen molar-refractivity contribution >= 4 is 145 Å². The lowest BCUT2D eigenvalue weighted by Crippen LogP contribution is -2.82. The molecule has 7 amide bonds. The predicted octanol–water partition coefficient (Wildman–Crippen LogP) is 0.324. The number of hydrogen-bond donors (Lipinski definition) is 20. The van der Waals surface area contributed by atoms with Crippen LogP contribution in [-0.4, -0.2) is 277 Å². The summed E-state index contributed by atoms with van der Waals surface area (Å²) in [5.74, 6) is -24.7. The molecule has 3 fully saturated rings. The van der Waals surface area contributed by atoms with Gasteiger partial charge in [0.05, 0.1) is 73.1 Å². The average Bonchev–Trinajstić information content (AvgIpc) is 0.665. The van der Waals surface area contributed by atoms with Crippen LogP contribution >= 0.6 is 21.6 Å². The van der Waals surface area contributed by atoms with Crippen molar-refractivity contribution in [3.8, 4) is 0 Å². The van der Waals surface area contributed by atoms with E-state index in [9.17, 15) is 122 Å². The summed E-state index contributed by atoms with van der Waals surface area (Å²) in [7, 11) is 1.56. The van der Waals surface area contributed by atoms with Crippen molar-refractivity contribution in [3.63, 3.8) is 0 Å². The van der Waals surface area contributed by atoms with E-state index in [0.717, 1.165) is 28.5 Å². The summed E-state index contributed by atoms with van der Waals surface area (Å²) in [4.78, 5) is 259. The smallest absolute Gasteiger partial charge is 0.481 e. The number of amides is 7. The van der Waals surface area contributed by atoms with Crippen LogP contribution in [-0.2, 0) is 97.3 Å². The van der Waals surface area contributed by atoms with E-state index in [-0.39, 0.29) is 81.6 Å². The first-order valence-electron chi connectivity index (χ1n) is 42.8. The van der Waals surface area contributed by atoms with Crippen LogP contribution in [0.2, 0.25) is 0 Å². The molecule has 2 saturated carbocycles. The number of fused-ring (bicyclic) bond motifs is 6. The first-order valence-corrected chi connectivity index (χ1v) is 45.3. The average molecular weight is 1960 g/mol. The molecule has 2 bridgehead atoms. The third-order valence-electron chi connectivity index (χ3n) is 23.8. The van der Waals surface area contributed by atoms with E-state index in [2.05, 4.69) is 69.0 Å². The van der Waals surface area contributed by atoms with Gasteiger partial charge in [-0.25, -0.2) is 33.9 Å². The number of aliphatic hydroxyl groups excluding tert-OH is 2. The largest absolute Gasteiger partial charge is 0.508 e. The molecule has 10 rings (SSSR count). The number of Topliss-reactive ketones (excluding diaryl/α,β-unsaturated/α-hetero) is 1. The molecule has 22 N–H and O–H groups in total. The summed E-state index contributed by atoms with van der Waals surface area (Å²) in [6.45, 7) is 8.86. The second-order valence-electron chi connectivity index (χ2n) is 33.5. The standard InChI is InChI=1S/C89H103N15O32S2/c1-42-57(133-83(128)68(114)65(45-17-10-7-11-18-45)102-74(117)46-19-12-8-13-20-46)37-89(130)71(135-82(127)48-21-14-9-15-22-48)69-87(6,70(115)67(113)64(42)86(89,4)5)58(36-59-88(69,41-132-59)136-44(3)105)134-85(129)131-31-32-137-138-40-56(81(125)126)101-78(121)55(35-63(111)112)100-77(120)54(34-62(109)110)99-75(118)51(23-16-30-92-43(2)90)97-76(119)53(33-61(107)108)96-60(106)29-28-52(80(123)124)98-73(116)47-24-26-49(27-25-47)93-38-50-39-94-72-66(95-50)79(122)104-84(91)103-72/h7-15,17-22,24-27,39,51-59,65,67-69,71,92-93,113-114,130H,2,16,23,28-38,40-41,90H2,1,3-6H3,(H,96,106)(H,97,119)(H,98,116)(H,99,118)(H,100,120)(H,101,121)(H,102,117)(H,107,108)(H,109,110)(H,111,112)(H,123,124)(H,125,126)(H3,91,94,103,104,122)/t51-,52-,53-,54-,55-,56-,57-,58?,59+,65-,67+,68+,69?,71-,87+,88-,89+/m0/s1. The molecule has 138 heavy (non-hydrogen) atoms. The number of hydrogen-bond acceptors (Lipinski definition) is 36. The summed E-state index contributed by atoms with van der Waals surface area (Å²) >= 11 is 0. The molecular weight excluding hydrogens is 1860 g/mol. The molecule has 1 saturated heterocycles. The summed E-state index contributed by atoms with van der Waals surface area (Å²) in [5, 5.41) is 110. The van der Waals surface area contributed by atoms with E-state index in [1.807, 2.05) is 5.32 Å². The highest BCUT2D eigenvalue weighted by Gasteiger charge is 2.79. The highest BCUT2D eigenvalue weighted by molar-refractivity contribution is 8.76. The number of aliphatic hydroxyl groups is 3. The number of carboxylic acids is 5. The molecule has 2 unspecified atom stereocenters. The Kier molecular flexibility index (Phi) is 35.3. The van der Waals surface area contributed by atoms with Crippen LogP contribution in [0.15, 0.2) is 150 Å². The number of nitrogen functional groups attached to an aromatic ring is 1. The number of carbonyl (C=O) groups is 17. The molecule has 0 radical (unpaired) electrons. The summed E-state index contributed by atoms with van der Waals surface area (Å²) in [6, 6.07) is 15.1. The number of ketones is 1. The number of nitrogens with one attached hydrogen (secondary N) is 10. The van der Waals surface area contributed by atoms with Crippen LogP contribution in [0.3, 0.4) is 0 Å². The summed E-state index contributed by atoms with van der Waals surface area (Å²) < 4.78 is 36.4. The van der Waals surface area contributed by atoms with Crippen LogP contribution < -0.4 is 64.9 Å². The van der Waals surface area contributed by atoms with Gasteiger partial charge in [0, 0.05) is 66.5 Å². The van der Waals surface area contributed by atoms with Gasteiger partial charge in [-0.2, -0.15) is 4.98 Å². The minimum absolute atomic E-state index is 0.0151. The van der Waals surface area contributed by atoms with E-state index in [0.29, 0.717) is 11.4 Å². The molecule has 6 aromatic rings. The Morgan fingerprint density at radius 1 is 0.659 bits per heavy atom. The lowest BCUT2D eigenvalue weighted by molar-refractivity contribution is -0.346. The number of carboxylic acid groups (broad SMARTS) is 5. The number of aliphatic carboxylic acids is 5. The van der Waals surface area contributed by atoms with Crippen molar-refractivity contribution in [1.82, 2.24) is 62.5 Å². The fourth-order valence-electron chi connectivity index (χ4n) is 16.8. The molecule has 0 spiro atoms. The van der Waals surface area contributed by atoms with Gasteiger partial charge in [-0.05, 0) is 98.4 Å². The Labute approximate surface area is 792 Å². The topological polar surface area (TPSA) is 739 Å². The van der Waals surface area contributed by atoms with Gasteiger partial charge < -0.3 is 129 Å². The number of H-pyrrole nitrogens is 1. The van der Waals surface area contributed by atoms with Crippen molar-refractivity contribution < 1.29 is 151 Å². The fourth-order valence-corrected chi connectivity index (χ4v) is 18.8. The van der Waals surface area contributed by atoms with Crippen LogP contribution in [0.25, 0.3) is 11.2 Å². The van der Waals surface area contributed by atoms with Crippen LogP contribution in [0.4, 0.5) is 16.4 Å². The van der Waals surface area contributed by atoms with Gasteiger partial charge in [-0.1, -0.05) is 109 Å². The molecule has 17 atom stereocenters. The Balaban J connectivity index is 0.773. The third-order valence-corrected chi connectivity index (χ3v) is 26.2. The number of aromatic amines is 1. The fraction of sp³-hybridized carbons (Fsp3) is 0.427. The second-order valence-corrected chi connectivity index (χ2v) is 36.1. The minimum Gasteiger partial charge on any atom is -0.481 e. The van der Waals surface area contributed by atoms with Gasteiger partial charge in [0.25, 0.3) is 17.4 Å². The van der Waals surface area contributed by atoms with Crippen LogP contribution in [0.1, 0.15) is 141 Å². The SMILES string of the molecule is C=C(N)NCCC[C@H](NC(=O)[C@H](CC(=O)O)NC(=O)CC[C@H](NC(=O)c1ccc(NCc2cnc3nc(N)[nH]c(=O)c3n2)cc1)C(=O)O)C(=O)N[C@@H](CC(=O)O)C(=O)N[C@@H](CC(=O)O)C(=O)N[C@@H](CSSCCOC(=O)OC1C[C@H]2OC[C@@]2(OC(C)=O)C2[C@H](OC(=O)c3ccccc3)[C@]3(O)C[C@H](OC(=O)[C@H](O)[C@@H](NC(=O)c4ccccc4)c4ccccc4)C(C)=C([C@@H](O)C(=O)[C@]12C)C3(C)C)C(=O)O. The molecular formula is C89H103N15O32S2. The molecule has 4 aliphatic rings. The number of aromatic nitrogens is 4. The number of ether oxygens (including phenoxy) is 6. The van der Waals surface area contributed by atoms with Crippen molar-refractivity contribution in [3.05, 3.63) is 183 Å². The highest BCUT2D eigenvalue weighted by atomic mass is 33.1. The molecule has 4 aromatic carbocycles. The number of anilines is 2. The number of carbonyl (C=O) groups excluding carboxylic acids is 12. The molecule has 738 valence electrons. The van der Waals surface area contributed by atoms with Crippen LogP contribution in [0.5, 0.6) is 0 Å². The lowest BCUT2D eigenvalue weighted by Gasteiger charge is -2.67. The minimum atomic E-state index is -2.65.